The largest absolute Gasteiger partial charge is 0.368 e. The van der Waals surface area contributed by atoms with Crippen molar-refractivity contribution in [2.45, 2.75) is 38.4 Å². The fourth-order valence-electron chi connectivity index (χ4n) is 7.19. The molecule has 2 aliphatic heterocycles. The maximum atomic E-state index is 13.3. The van der Waals surface area contributed by atoms with Gasteiger partial charge in [-0.3, -0.25) is 4.90 Å². The van der Waals surface area contributed by atoms with Crippen LogP contribution in [0.5, 0.6) is 0 Å². The summed E-state index contributed by atoms with van der Waals surface area (Å²) < 4.78 is 0. The molecule has 3 aromatic carbocycles. The highest BCUT2D eigenvalue weighted by molar-refractivity contribution is 5.98. The number of benzene rings is 3. The number of aromatic nitrogens is 3. The lowest BCUT2D eigenvalue weighted by atomic mass is 9.99. The average molecular weight is 599 g/mol. The summed E-state index contributed by atoms with van der Waals surface area (Å²) >= 11 is 0. The van der Waals surface area contributed by atoms with Crippen LogP contribution in [0.4, 0.5) is 16.4 Å². The molecule has 0 bridgehead atoms. The highest BCUT2D eigenvalue weighted by Gasteiger charge is 2.49. The van der Waals surface area contributed by atoms with E-state index in [2.05, 4.69) is 74.6 Å². The molecule has 2 amide bonds. The first-order chi connectivity index (χ1) is 21.9. The van der Waals surface area contributed by atoms with Crippen LogP contribution in [-0.4, -0.2) is 68.9 Å². The van der Waals surface area contributed by atoms with Crippen LogP contribution in [0, 0.1) is 6.92 Å². The van der Waals surface area contributed by atoms with Gasteiger partial charge in [0.1, 0.15) is 5.65 Å². The molecule has 9 heteroatoms. The Labute approximate surface area is 263 Å². The molecule has 5 aromatic rings. The van der Waals surface area contributed by atoms with Crippen LogP contribution in [0.15, 0.2) is 72.8 Å². The lowest BCUT2D eigenvalue weighted by Gasteiger charge is -2.38. The number of amides is 2. The van der Waals surface area contributed by atoms with Crippen molar-refractivity contribution in [2.75, 3.05) is 44.3 Å². The fourth-order valence-corrected chi connectivity index (χ4v) is 7.19. The molecule has 45 heavy (non-hydrogen) atoms. The third kappa shape index (κ3) is 4.92. The lowest BCUT2D eigenvalue weighted by Crippen LogP contribution is -2.49. The molecule has 228 valence electrons. The summed E-state index contributed by atoms with van der Waals surface area (Å²) in [4.78, 5) is 32.9. The van der Waals surface area contributed by atoms with Crippen molar-refractivity contribution in [1.82, 2.24) is 29.7 Å². The zero-order chi connectivity index (χ0) is 30.7. The minimum Gasteiger partial charge on any atom is -0.368 e. The Balaban J connectivity index is 1.06. The summed E-state index contributed by atoms with van der Waals surface area (Å²) in [5, 5.41) is 4.03. The summed E-state index contributed by atoms with van der Waals surface area (Å²) in [6.07, 6.45) is 2.45. The molecule has 0 unspecified atom stereocenters. The number of aromatic amines is 1. The number of carbonyl (C=O) groups is 1. The summed E-state index contributed by atoms with van der Waals surface area (Å²) in [5.41, 5.74) is 16.3. The molecule has 3 aliphatic rings. The normalized spacial score (nSPS) is 17.9. The molecule has 2 aromatic heterocycles. The van der Waals surface area contributed by atoms with E-state index in [-0.39, 0.29) is 17.5 Å². The number of likely N-dealkylation sites (N-methyl/N-ethyl adjacent to an activating group) is 1. The maximum Gasteiger partial charge on any atom is 0.322 e. The molecule has 0 spiro atoms. The summed E-state index contributed by atoms with van der Waals surface area (Å²) in [6.45, 7) is 7.72. The first-order valence-corrected chi connectivity index (χ1v) is 15.8. The number of carbonyl (C=O) groups excluding carboxylic acids is 1. The highest BCUT2D eigenvalue weighted by Crippen LogP contribution is 2.51. The molecule has 0 radical (unpaired) electrons. The molecule has 1 saturated heterocycles. The van der Waals surface area contributed by atoms with Crippen LogP contribution in [0.1, 0.15) is 35.1 Å². The Bertz CT molecular complexity index is 1890. The van der Waals surface area contributed by atoms with Crippen LogP contribution >= 0.6 is 0 Å². The minimum atomic E-state index is -0.119. The summed E-state index contributed by atoms with van der Waals surface area (Å²) in [5.74, 6) is 0.202. The molecule has 4 N–H and O–H groups in total. The quantitative estimate of drug-likeness (QED) is 0.230. The van der Waals surface area contributed by atoms with Gasteiger partial charge in [0.15, 0.2) is 0 Å². The molecular weight excluding hydrogens is 560 g/mol. The highest BCUT2D eigenvalue weighted by atomic mass is 16.2. The van der Waals surface area contributed by atoms with Crippen LogP contribution in [0.25, 0.3) is 33.5 Å². The molecule has 4 heterocycles. The van der Waals surface area contributed by atoms with Gasteiger partial charge in [0.2, 0.25) is 5.95 Å². The standard InChI is InChI=1S/C36H38N8O/c1-23-28(8-5-9-30(23)39-35(45)43-21-25-6-3-4-7-26(25)22-43)32-29-20-31(38-33(29)41-34(37)40-32)24-10-12-27(13-11-24)36(14-15-36)44-18-16-42(2)17-19-44/h3-13,20H,14-19,21-22H2,1-2H3,(H,39,45)(H3,37,38,40,41). The molecule has 0 atom stereocenters. The zero-order valence-electron chi connectivity index (χ0n) is 25.8. The van der Waals surface area contributed by atoms with E-state index in [0.717, 1.165) is 65.3 Å². The third-order valence-electron chi connectivity index (χ3n) is 10.0. The Morgan fingerprint density at radius 3 is 2.31 bits per heavy atom. The third-order valence-corrected chi connectivity index (χ3v) is 10.0. The zero-order valence-corrected chi connectivity index (χ0v) is 25.8. The van der Waals surface area contributed by atoms with Crippen molar-refractivity contribution in [3.63, 3.8) is 0 Å². The fraction of sp³-hybridized carbons (Fsp3) is 0.306. The minimum absolute atomic E-state index is 0.119. The topological polar surface area (TPSA) is 106 Å². The first-order valence-electron chi connectivity index (χ1n) is 15.8. The van der Waals surface area contributed by atoms with Gasteiger partial charge in [-0.1, -0.05) is 60.7 Å². The number of hydrogen-bond donors (Lipinski definition) is 3. The van der Waals surface area contributed by atoms with Gasteiger partial charge < -0.3 is 25.8 Å². The lowest BCUT2D eigenvalue weighted by molar-refractivity contribution is 0.0976. The van der Waals surface area contributed by atoms with Gasteiger partial charge in [-0.15, -0.1) is 0 Å². The SMILES string of the molecule is Cc1c(NC(=O)N2Cc3ccccc3C2)cccc1-c1nc(N)nc2[nH]c(-c3ccc(C4(N5CCN(C)CC5)CC4)cc3)cc12. The van der Waals surface area contributed by atoms with Gasteiger partial charge in [0.25, 0.3) is 0 Å². The molecule has 1 aliphatic carbocycles. The van der Waals surface area contributed by atoms with Crippen LogP contribution < -0.4 is 11.1 Å². The van der Waals surface area contributed by atoms with E-state index >= 15 is 0 Å². The number of piperazine rings is 1. The number of nitrogens with one attached hydrogen (secondary N) is 2. The second kappa shape index (κ2) is 10.7. The van der Waals surface area contributed by atoms with Gasteiger partial charge in [-0.2, -0.15) is 4.98 Å². The average Bonchev–Trinajstić information content (AvgIpc) is 3.55. The summed E-state index contributed by atoms with van der Waals surface area (Å²) in [7, 11) is 2.21. The Morgan fingerprint density at radius 1 is 0.911 bits per heavy atom. The van der Waals surface area contributed by atoms with Gasteiger partial charge in [0, 0.05) is 67.1 Å². The number of nitrogens with two attached hydrogens (primary N) is 1. The van der Waals surface area contributed by atoms with Crippen molar-refractivity contribution in [3.8, 4) is 22.5 Å². The molecular formula is C36H38N8O. The maximum absolute atomic E-state index is 13.3. The van der Waals surface area contributed by atoms with E-state index in [4.69, 9.17) is 10.7 Å². The van der Waals surface area contributed by atoms with Gasteiger partial charge >= 0.3 is 6.03 Å². The number of H-pyrrole nitrogens is 1. The number of rotatable bonds is 5. The van der Waals surface area contributed by atoms with E-state index in [1.807, 2.05) is 42.2 Å². The number of urea groups is 1. The number of hydrogen-bond acceptors (Lipinski definition) is 6. The predicted molar refractivity (Wildman–Crippen MR) is 179 cm³/mol. The van der Waals surface area contributed by atoms with Gasteiger partial charge in [-0.05, 0) is 66.8 Å². The number of nitrogen functional groups attached to an aromatic ring is 1. The Hall–Kier alpha value is -4.73. The van der Waals surface area contributed by atoms with E-state index in [9.17, 15) is 4.79 Å². The van der Waals surface area contributed by atoms with Crippen molar-refractivity contribution >= 4 is 28.7 Å². The predicted octanol–water partition coefficient (Wildman–Crippen LogP) is 5.97. The monoisotopic (exact) mass is 598 g/mol. The number of anilines is 2. The van der Waals surface area contributed by atoms with E-state index in [0.29, 0.717) is 18.7 Å². The Morgan fingerprint density at radius 2 is 1.62 bits per heavy atom. The van der Waals surface area contributed by atoms with Gasteiger partial charge in [-0.25, -0.2) is 9.78 Å². The van der Waals surface area contributed by atoms with Crippen molar-refractivity contribution < 1.29 is 4.79 Å². The van der Waals surface area contributed by atoms with Crippen LogP contribution in [0.3, 0.4) is 0 Å². The van der Waals surface area contributed by atoms with Crippen molar-refractivity contribution in [3.05, 3.63) is 95.1 Å². The molecule has 9 nitrogen and oxygen atoms in total. The number of fused-ring (bicyclic) bond motifs is 2. The second-order valence-electron chi connectivity index (χ2n) is 12.8. The van der Waals surface area contributed by atoms with Crippen LogP contribution in [0.2, 0.25) is 0 Å². The van der Waals surface area contributed by atoms with E-state index in [1.54, 1.807) is 0 Å². The van der Waals surface area contributed by atoms with Crippen molar-refractivity contribution in [2.24, 2.45) is 0 Å². The molecule has 1 saturated carbocycles. The van der Waals surface area contributed by atoms with Gasteiger partial charge in [0.05, 0.1) is 5.69 Å². The first kappa shape index (κ1) is 27.8. The van der Waals surface area contributed by atoms with Crippen LogP contribution in [-0.2, 0) is 18.6 Å². The van der Waals surface area contributed by atoms with E-state index < -0.39 is 0 Å². The Kier molecular flexibility index (Phi) is 6.62. The molecule has 8 rings (SSSR count). The second-order valence-corrected chi connectivity index (χ2v) is 12.8. The number of nitrogens with zero attached hydrogens (tertiary/aromatic N) is 5. The van der Waals surface area contributed by atoms with Crippen molar-refractivity contribution in [1.29, 1.82) is 0 Å². The van der Waals surface area contributed by atoms with E-state index in [1.165, 1.54) is 29.5 Å². The smallest absolute Gasteiger partial charge is 0.322 e. The summed E-state index contributed by atoms with van der Waals surface area (Å²) in [6, 6.07) is 25.1. The molecule has 2 fully saturated rings.